The highest BCUT2D eigenvalue weighted by Gasteiger charge is 2.19. The summed E-state index contributed by atoms with van der Waals surface area (Å²) in [6.07, 6.45) is 73.2. The first-order valence-electron chi connectivity index (χ1n) is 26.7. The Hall–Kier alpha value is -4.19. The van der Waals surface area contributed by atoms with E-state index in [1.165, 1.54) is 77.0 Å². The Morgan fingerprint density at radius 3 is 1.05 bits per heavy atom. The fourth-order valence-electron chi connectivity index (χ4n) is 6.87. The minimum Gasteiger partial charge on any atom is -0.462 e. The zero-order chi connectivity index (χ0) is 47.9. The highest BCUT2D eigenvalue weighted by molar-refractivity contribution is 5.71. The van der Waals surface area contributed by atoms with E-state index in [1.54, 1.807) is 0 Å². The first-order chi connectivity index (χ1) is 32.5. The van der Waals surface area contributed by atoms with Crippen LogP contribution in [-0.2, 0) is 28.6 Å². The van der Waals surface area contributed by atoms with Gasteiger partial charge in [0.05, 0.1) is 0 Å². The molecule has 0 saturated heterocycles. The average Bonchev–Trinajstić information content (AvgIpc) is 3.31. The Morgan fingerprint density at radius 1 is 0.318 bits per heavy atom. The molecule has 1 atom stereocenters. The summed E-state index contributed by atoms with van der Waals surface area (Å²) in [5.74, 6) is -0.984. The molecule has 0 rings (SSSR count). The maximum atomic E-state index is 12.8. The summed E-state index contributed by atoms with van der Waals surface area (Å²) in [5.41, 5.74) is 0. The zero-order valence-electron chi connectivity index (χ0n) is 42.4. The summed E-state index contributed by atoms with van der Waals surface area (Å²) < 4.78 is 16.7. The maximum Gasteiger partial charge on any atom is 0.306 e. The van der Waals surface area contributed by atoms with E-state index in [2.05, 4.69) is 69.4 Å². The lowest BCUT2D eigenvalue weighted by Crippen LogP contribution is -2.30. The molecule has 0 aromatic carbocycles. The van der Waals surface area contributed by atoms with Gasteiger partial charge >= 0.3 is 17.9 Å². The molecule has 0 aromatic rings. The molecule has 1 unspecified atom stereocenters. The Kier molecular flexibility index (Phi) is 50.0. The summed E-state index contributed by atoms with van der Waals surface area (Å²) in [5, 5.41) is 0. The van der Waals surface area contributed by atoms with E-state index in [-0.39, 0.29) is 31.1 Å². The number of rotatable bonds is 46. The van der Waals surface area contributed by atoms with Gasteiger partial charge < -0.3 is 14.2 Å². The number of ether oxygens (including phenoxy) is 3. The Morgan fingerprint density at radius 2 is 0.621 bits per heavy atom. The lowest BCUT2D eigenvalue weighted by atomic mass is 10.1. The molecule has 66 heavy (non-hydrogen) atoms. The number of unbranched alkanes of at least 4 members (excludes halogenated alkanes) is 22. The largest absolute Gasteiger partial charge is 0.462 e. The van der Waals surface area contributed by atoms with Crippen molar-refractivity contribution in [1.29, 1.82) is 0 Å². The van der Waals surface area contributed by atoms with Gasteiger partial charge in [0, 0.05) is 19.3 Å². The maximum absolute atomic E-state index is 12.8. The molecule has 0 amide bonds. The van der Waals surface area contributed by atoms with E-state index in [0.29, 0.717) is 19.3 Å². The fraction of sp³-hybridized carbons (Fsp3) is 0.617. The van der Waals surface area contributed by atoms with E-state index in [4.69, 9.17) is 14.2 Å². The number of carbonyl (C=O) groups excluding carboxylic acids is 3. The average molecular weight is 913 g/mol. The van der Waals surface area contributed by atoms with Gasteiger partial charge in [0.1, 0.15) is 13.2 Å². The quantitative estimate of drug-likeness (QED) is 0.0199. The normalized spacial score (nSPS) is 13.1. The molecule has 6 heteroatoms. The molecule has 372 valence electrons. The van der Waals surface area contributed by atoms with Crippen molar-refractivity contribution in [2.75, 3.05) is 13.2 Å². The van der Waals surface area contributed by atoms with E-state index in [0.717, 1.165) is 103 Å². The molecule has 0 heterocycles. The molecule has 0 aromatic heterocycles. The highest BCUT2D eigenvalue weighted by atomic mass is 16.6. The molecule has 0 aliphatic rings. The smallest absolute Gasteiger partial charge is 0.306 e. The zero-order valence-corrected chi connectivity index (χ0v) is 42.4. The van der Waals surface area contributed by atoms with E-state index >= 15 is 0 Å². The molecule has 0 bridgehead atoms. The van der Waals surface area contributed by atoms with Crippen molar-refractivity contribution < 1.29 is 28.6 Å². The summed E-state index contributed by atoms with van der Waals surface area (Å²) in [7, 11) is 0. The summed E-state index contributed by atoms with van der Waals surface area (Å²) in [4.78, 5) is 38.0. The third kappa shape index (κ3) is 50.8. The van der Waals surface area contributed by atoms with E-state index < -0.39 is 6.10 Å². The molecular formula is C60H96O6. The first-order valence-corrected chi connectivity index (χ1v) is 26.7. The van der Waals surface area contributed by atoms with Gasteiger partial charge in [-0.15, -0.1) is 0 Å². The minimum atomic E-state index is -0.812. The van der Waals surface area contributed by atoms with Crippen LogP contribution in [0.2, 0.25) is 0 Å². The van der Waals surface area contributed by atoms with Crippen LogP contribution in [0.3, 0.4) is 0 Å². The standard InChI is InChI=1S/C60H96O6/c1-4-7-10-13-16-19-22-24-26-28-30-32-33-35-38-41-44-47-50-53-59(62)65-56-57(55-64-58(61)52-49-46-43-40-37-21-18-15-12-9-6-3)66-60(63)54-51-48-45-42-39-36-34-31-29-27-25-23-20-17-14-11-8-5-2/h7,10,13,15-16,18-19,22,24,26-35,38,57H,4-6,8-9,11-12,14,17,20-21,23,25,36-37,39-56H2,1-3H3/b10-7-,16-13-,18-15-,22-19-,26-24-,29-27-,30-28+,33-32-,34-31-,38-35-. The van der Waals surface area contributed by atoms with Crippen molar-refractivity contribution in [1.82, 2.24) is 0 Å². The first kappa shape index (κ1) is 61.8. The van der Waals surface area contributed by atoms with Crippen LogP contribution >= 0.6 is 0 Å². The number of allylic oxidation sites excluding steroid dienone is 20. The third-order valence-electron chi connectivity index (χ3n) is 10.9. The number of hydrogen-bond acceptors (Lipinski definition) is 6. The molecule has 6 nitrogen and oxygen atoms in total. The van der Waals surface area contributed by atoms with Gasteiger partial charge in [0.25, 0.3) is 0 Å². The van der Waals surface area contributed by atoms with Crippen LogP contribution in [0.15, 0.2) is 122 Å². The predicted octanol–water partition coefficient (Wildman–Crippen LogP) is 17.7. The topological polar surface area (TPSA) is 78.9 Å². The Bertz CT molecular complexity index is 1420. The third-order valence-corrected chi connectivity index (χ3v) is 10.9. The minimum absolute atomic E-state index is 0.107. The van der Waals surface area contributed by atoms with Crippen molar-refractivity contribution in [3.63, 3.8) is 0 Å². The number of carbonyl (C=O) groups is 3. The van der Waals surface area contributed by atoms with Crippen LogP contribution in [0.1, 0.15) is 220 Å². The van der Waals surface area contributed by atoms with E-state index in [9.17, 15) is 14.4 Å². The van der Waals surface area contributed by atoms with Crippen molar-refractivity contribution in [3.8, 4) is 0 Å². The van der Waals surface area contributed by atoms with Crippen LogP contribution in [0.25, 0.3) is 0 Å². The highest BCUT2D eigenvalue weighted by Crippen LogP contribution is 2.13. The van der Waals surface area contributed by atoms with Gasteiger partial charge in [0.2, 0.25) is 0 Å². The molecule has 0 saturated carbocycles. The number of esters is 3. The van der Waals surface area contributed by atoms with Crippen LogP contribution in [0, 0.1) is 0 Å². The fourth-order valence-corrected chi connectivity index (χ4v) is 6.87. The van der Waals surface area contributed by atoms with Gasteiger partial charge in [-0.25, -0.2) is 0 Å². The van der Waals surface area contributed by atoms with Crippen LogP contribution in [0.4, 0.5) is 0 Å². The van der Waals surface area contributed by atoms with Crippen LogP contribution in [-0.4, -0.2) is 37.2 Å². The second-order valence-corrected chi connectivity index (χ2v) is 17.3. The molecule has 0 fully saturated rings. The van der Waals surface area contributed by atoms with Gasteiger partial charge in [-0.05, 0) is 83.5 Å². The second-order valence-electron chi connectivity index (χ2n) is 17.3. The van der Waals surface area contributed by atoms with Crippen molar-refractivity contribution in [2.45, 2.75) is 226 Å². The monoisotopic (exact) mass is 913 g/mol. The molecule has 0 aliphatic heterocycles. The van der Waals surface area contributed by atoms with Gasteiger partial charge in [-0.3, -0.25) is 14.4 Å². The molecule has 0 radical (unpaired) electrons. The Labute approximate surface area is 405 Å². The van der Waals surface area contributed by atoms with Crippen LogP contribution in [0.5, 0.6) is 0 Å². The second kappa shape index (κ2) is 53.4. The summed E-state index contributed by atoms with van der Waals surface area (Å²) in [6, 6.07) is 0. The van der Waals surface area contributed by atoms with Crippen molar-refractivity contribution >= 4 is 17.9 Å². The van der Waals surface area contributed by atoms with Gasteiger partial charge in [0.15, 0.2) is 6.10 Å². The van der Waals surface area contributed by atoms with Gasteiger partial charge in [-0.1, -0.05) is 239 Å². The summed E-state index contributed by atoms with van der Waals surface area (Å²) in [6.45, 7) is 6.37. The summed E-state index contributed by atoms with van der Waals surface area (Å²) >= 11 is 0. The van der Waals surface area contributed by atoms with Crippen LogP contribution < -0.4 is 0 Å². The van der Waals surface area contributed by atoms with Gasteiger partial charge in [-0.2, -0.15) is 0 Å². The molecular weight excluding hydrogens is 817 g/mol. The van der Waals surface area contributed by atoms with E-state index in [1.807, 2.05) is 72.9 Å². The molecule has 0 N–H and O–H groups in total. The lowest BCUT2D eigenvalue weighted by molar-refractivity contribution is -0.167. The Balaban J connectivity index is 4.52. The lowest BCUT2D eigenvalue weighted by Gasteiger charge is -2.18. The van der Waals surface area contributed by atoms with Crippen molar-refractivity contribution in [2.24, 2.45) is 0 Å². The molecule has 0 aliphatic carbocycles. The molecule has 0 spiro atoms. The SMILES string of the molecule is CC\C=C/C=C\C=C/C=C\C=C\C=C/C=C\CCCCCC(=O)OCC(COC(=O)CCCCCCC/C=C\CCCC)OC(=O)CCCCCCC/C=C\C=C/CCCCCCCCC. The predicted molar refractivity (Wildman–Crippen MR) is 283 cm³/mol. The number of hydrogen-bond donors (Lipinski definition) is 0. The van der Waals surface area contributed by atoms with Crippen molar-refractivity contribution in [3.05, 3.63) is 122 Å².